The van der Waals surface area contributed by atoms with E-state index >= 15 is 0 Å². The minimum absolute atomic E-state index is 0.236. The van der Waals surface area contributed by atoms with Gasteiger partial charge >= 0.3 is 6.09 Å². The molecule has 0 fully saturated rings. The van der Waals surface area contributed by atoms with Gasteiger partial charge < -0.3 is 14.8 Å². The zero-order chi connectivity index (χ0) is 19.4. The van der Waals surface area contributed by atoms with E-state index in [4.69, 9.17) is 9.47 Å². The number of benzene rings is 2. The van der Waals surface area contributed by atoms with Crippen molar-refractivity contribution in [3.8, 4) is 5.75 Å². The molecule has 0 aromatic heterocycles. The van der Waals surface area contributed by atoms with Crippen molar-refractivity contribution in [1.82, 2.24) is 0 Å². The Morgan fingerprint density at radius 1 is 1.15 bits per heavy atom. The Kier molecular flexibility index (Phi) is 5.91. The van der Waals surface area contributed by atoms with Crippen LogP contribution in [0.25, 0.3) is 0 Å². The van der Waals surface area contributed by atoms with Gasteiger partial charge in [0.2, 0.25) is 0 Å². The fourth-order valence-electron chi connectivity index (χ4n) is 3.16. The summed E-state index contributed by atoms with van der Waals surface area (Å²) in [4.78, 5) is 27.3. The van der Waals surface area contributed by atoms with Crippen LogP contribution in [0.1, 0.15) is 22.3 Å². The minimum atomic E-state index is -0.369. The van der Waals surface area contributed by atoms with E-state index in [0.29, 0.717) is 23.5 Å². The van der Waals surface area contributed by atoms with Crippen molar-refractivity contribution in [2.24, 2.45) is 0 Å². The molecule has 0 aliphatic carbocycles. The monoisotopic (exact) mass is 386 g/mol. The average Bonchev–Trinajstić information content (AvgIpc) is 2.71. The molecule has 1 aliphatic rings. The lowest BCUT2D eigenvalue weighted by Gasteiger charge is -2.28. The Hall–Kier alpha value is -2.67. The van der Waals surface area contributed by atoms with E-state index < -0.39 is 0 Å². The zero-order valence-corrected chi connectivity index (χ0v) is 16.4. The molecule has 2 aromatic carbocycles. The molecule has 0 bridgehead atoms. The van der Waals surface area contributed by atoms with Crippen molar-refractivity contribution in [2.75, 3.05) is 37.2 Å². The summed E-state index contributed by atoms with van der Waals surface area (Å²) in [6.45, 7) is 0.629. The molecule has 0 unspecified atom stereocenters. The van der Waals surface area contributed by atoms with Crippen molar-refractivity contribution in [3.05, 3.63) is 47.5 Å². The molecular weight excluding hydrogens is 364 g/mol. The van der Waals surface area contributed by atoms with Gasteiger partial charge in [0, 0.05) is 17.1 Å². The molecule has 2 aromatic rings. The minimum Gasteiger partial charge on any atom is -0.496 e. The van der Waals surface area contributed by atoms with Gasteiger partial charge in [-0.05, 0) is 61.1 Å². The van der Waals surface area contributed by atoms with E-state index in [-0.39, 0.29) is 12.0 Å². The van der Waals surface area contributed by atoms with Gasteiger partial charge in [-0.15, -0.1) is 11.8 Å². The van der Waals surface area contributed by atoms with Crippen LogP contribution in [0, 0.1) is 0 Å². The maximum Gasteiger partial charge on any atom is 0.414 e. The molecule has 0 saturated heterocycles. The molecule has 27 heavy (non-hydrogen) atoms. The molecule has 0 radical (unpaired) electrons. The van der Waals surface area contributed by atoms with Crippen LogP contribution in [0.2, 0.25) is 0 Å². The summed E-state index contributed by atoms with van der Waals surface area (Å²) in [6, 6.07) is 11.0. The third-order valence-corrected chi connectivity index (χ3v) is 5.23. The lowest BCUT2D eigenvalue weighted by molar-refractivity contribution is 0.102. The third kappa shape index (κ3) is 4.03. The number of carbonyl (C=O) groups is 2. The van der Waals surface area contributed by atoms with Crippen LogP contribution in [0.15, 0.2) is 41.3 Å². The molecule has 7 heteroatoms. The first-order valence-electron chi connectivity index (χ1n) is 8.59. The smallest absolute Gasteiger partial charge is 0.414 e. The lowest BCUT2D eigenvalue weighted by Crippen LogP contribution is -2.35. The molecule has 6 nitrogen and oxygen atoms in total. The maximum absolute atomic E-state index is 12.7. The van der Waals surface area contributed by atoms with Crippen LogP contribution in [0.3, 0.4) is 0 Å². The summed E-state index contributed by atoms with van der Waals surface area (Å²) in [6.07, 6.45) is 3.30. The number of fused-ring (bicyclic) bond motifs is 1. The lowest BCUT2D eigenvalue weighted by atomic mass is 10.0. The van der Waals surface area contributed by atoms with Gasteiger partial charge in [0.05, 0.1) is 25.5 Å². The number of rotatable bonds is 4. The number of anilines is 2. The highest BCUT2D eigenvalue weighted by Gasteiger charge is 2.23. The van der Waals surface area contributed by atoms with Crippen molar-refractivity contribution in [1.29, 1.82) is 0 Å². The highest BCUT2D eigenvalue weighted by molar-refractivity contribution is 7.98. The summed E-state index contributed by atoms with van der Waals surface area (Å²) in [5, 5.41) is 2.92. The first kappa shape index (κ1) is 19.1. The highest BCUT2D eigenvalue weighted by Crippen LogP contribution is 2.31. The number of methoxy groups -OCH3 is 2. The fraction of sp³-hybridized carbons (Fsp3) is 0.300. The number of ether oxygens (including phenoxy) is 2. The largest absolute Gasteiger partial charge is 0.496 e. The van der Waals surface area contributed by atoms with Crippen molar-refractivity contribution in [3.63, 3.8) is 0 Å². The van der Waals surface area contributed by atoms with Gasteiger partial charge in [0.1, 0.15) is 5.75 Å². The molecule has 1 N–H and O–H groups in total. The van der Waals surface area contributed by atoms with E-state index in [1.165, 1.54) is 7.11 Å². The number of hydrogen-bond acceptors (Lipinski definition) is 5. The number of carbonyl (C=O) groups excluding carboxylic acids is 2. The number of nitrogens with zero attached hydrogens (tertiary/aromatic N) is 1. The number of aryl methyl sites for hydroxylation is 1. The summed E-state index contributed by atoms with van der Waals surface area (Å²) < 4.78 is 10.2. The van der Waals surface area contributed by atoms with Crippen LogP contribution in [0.5, 0.6) is 5.75 Å². The molecule has 0 atom stereocenters. The Morgan fingerprint density at radius 2 is 1.96 bits per heavy atom. The molecule has 3 rings (SSSR count). The number of amides is 2. The van der Waals surface area contributed by atoms with Gasteiger partial charge in [0.25, 0.3) is 5.91 Å². The molecule has 0 spiro atoms. The predicted octanol–water partition coefficient (Wildman–Crippen LogP) is 4.19. The van der Waals surface area contributed by atoms with E-state index in [1.54, 1.807) is 35.9 Å². The second-order valence-electron chi connectivity index (χ2n) is 6.09. The molecule has 142 valence electrons. The zero-order valence-electron chi connectivity index (χ0n) is 15.6. The van der Waals surface area contributed by atoms with Crippen LogP contribution in [-0.4, -0.2) is 39.0 Å². The van der Waals surface area contributed by atoms with Crippen molar-refractivity contribution >= 4 is 35.1 Å². The summed E-state index contributed by atoms with van der Waals surface area (Å²) >= 11 is 1.59. The quantitative estimate of drug-likeness (QED) is 0.798. The van der Waals surface area contributed by atoms with Gasteiger partial charge in [-0.1, -0.05) is 0 Å². The van der Waals surface area contributed by atoms with E-state index in [9.17, 15) is 9.59 Å². The second-order valence-corrected chi connectivity index (χ2v) is 6.97. The maximum atomic E-state index is 12.7. The Morgan fingerprint density at radius 3 is 2.67 bits per heavy atom. The number of hydrogen-bond donors (Lipinski definition) is 1. The van der Waals surface area contributed by atoms with Gasteiger partial charge in [-0.3, -0.25) is 9.69 Å². The Bertz CT molecular complexity index is 869. The summed E-state index contributed by atoms with van der Waals surface area (Å²) in [5.74, 6) is 0.300. The highest BCUT2D eigenvalue weighted by atomic mass is 32.2. The van der Waals surface area contributed by atoms with E-state index in [2.05, 4.69) is 5.32 Å². The van der Waals surface area contributed by atoms with Crippen LogP contribution in [0.4, 0.5) is 16.2 Å². The molecule has 1 heterocycles. The van der Waals surface area contributed by atoms with Crippen LogP contribution in [-0.2, 0) is 11.2 Å². The van der Waals surface area contributed by atoms with Crippen molar-refractivity contribution in [2.45, 2.75) is 17.7 Å². The SMILES string of the molecule is COC(=O)N1CCCc2cc(NC(=O)c3ccc(SC)cc3OC)ccc21. The summed E-state index contributed by atoms with van der Waals surface area (Å²) in [5.41, 5.74) is 2.99. The molecule has 1 aliphatic heterocycles. The molecular formula is C20H22N2O4S. The van der Waals surface area contributed by atoms with Crippen LogP contribution < -0.4 is 15.0 Å². The van der Waals surface area contributed by atoms with Gasteiger partial charge in [0.15, 0.2) is 0 Å². The van der Waals surface area contributed by atoms with E-state index in [1.807, 2.05) is 30.5 Å². The Balaban J connectivity index is 1.83. The topological polar surface area (TPSA) is 67.9 Å². The van der Waals surface area contributed by atoms with Gasteiger partial charge in [-0.2, -0.15) is 0 Å². The summed E-state index contributed by atoms with van der Waals surface area (Å²) in [7, 11) is 2.93. The normalized spacial score (nSPS) is 12.9. The fourth-order valence-corrected chi connectivity index (χ4v) is 3.59. The molecule has 2 amide bonds. The second kappa shape index (κ2) is 8.35. The average molecular weight is 386 g/mol. The molecule has 0 saturated carbocycles. The van der Waals surface area contributed by atoms with Crippen molar-refractivity contribution < 1.29 is 19.1 Å². The number of thioether (sulfide) groups is 1. The predicted molar refractivity (Wildman–Crippen MR) is 107 cm³/mol. The first-order valence-corrected chi connectivity index (χ1v) is 9.81. The van der Waals surface area contributed by atoms with Crippen LogP contribution >= 0.6 is 11.8 Å². The van der Waals surface area contributed by atoms with E-state index in [0.717, 1.165) is 29.0 Å². The van der Waals surface area contributed by atoms with Gasteiger partial charge in [-0.25, -0.2) is 4.79 Å². The first-order chi connectivity index (χ1) is 13.1. The number of nitrogens with one attached hydrogen (secondary N) is 1. The Labute approximate surface area is 162 Å². The third-order valence-electron chi connectivity index (χ3n) is 4.50. The standard InChI is InChI=1S/C20H22N2O4S/c1-25-18-12-15(27-3)7-8-16(18)19(23)21-14-6-9-17-13(11-14)5-4-10-22(17)20(24)26-2/h6-9,11-12H,4-5,10H2,1-3H3,(H,21,23).